The number of pyridine rings is 1. The van der Waals surface area contributed by atoms with Crippen molar-refractivity contribution in [2.75, 3.05) is 17.8 Å². The van der Waals surface area contributed by atoms with Gasteiger partial charge < -0.3 is 20.5 Å². The Morgan fingerprint density at radius 1 is 1.33 bits per heavy atom. The number of aldehydes is 1. The molecule has 9 nitrogen and oxygen atoms in total. The number of nitrogens with zero attached hydrogens (tertiary/aromatic N) is 2. The molecule has 0 aliphatic carbocycles. The summed E-state index contributed by atoms with van der Waals surface area (Å²) in [6.07, 6.45) is 1.43. The van der Waals surface area contributed by atoms with E-state index < -0.39 is 23.9 Å². The van der Waals surface area contributed by atoms with Crippen LogP contribution >= 0.6 is 0 Å². The molecule has 1 atom stereocenters. The average molecular weight is 375 g/mol. The molecule has 0 fully saturated rings. The van der Waals surface area contributed by atoms with E-state index in [0.717, 1.165) is 6.20 Å². The van der Waals surface area contributed by atoms with Gasteiger partial charge in [-0.2, -0.15) is 0 Å². The van der Waals surface area contributed by atoms with Crippen LogP contribution in [0.3, 0.4) is 0 Å². The van der Waals surface area contributed by atoms with Gasteiger partial charge in [0.2, 0.25) is 0 Å². The Hall–Kier alpha value is -3.69. The molecule has 2 rings (SSSR count). The second kappa shape index (κ2) is 8.61. The highest BCUT2D eigenvalue weighted by Gasteiger charge is 2.22. The Morgan fingerprint density at radius 2 is 2.07 bits per heavy atom. The molecule has 0 saturated heterocycles. The van der Waals surface area contributed by atoms with Crippen LogP contribution in [-0.2, 0) is 4.79 Å². The van der Waals surface area contributed by atoms with Crippen LogP contribution in [0.5, 0.6) is 0 Å². The highest BCUT2D eigenvalue weighted by atomic mass is 19.1. The Morgan fingerprint density at radius 3 is 2.67 bits per heavy atom. The lowest BCUT2D eigenvalue weighted by molar-refractivity contribution is -0.111. The minimum Gasteiger partial charge on any atom is -0.464 e. The molecule has 0 radical (unpaired) electrons. The first-order valence-corrected chi connectivity index (χ1v) is 7.84. The standard InChI is InChI=1S/C17H18FN5O4/c1-10(9-24)23(17(26)27)22-14-5-3-4-13(16(25)19-2)15(14)21-12-6-11(18)7-20-8-12/h3-10,21-22H,1-2H3,(H,19,25)(H,26,27). The number of anilines is 3. The van der Waals surface area contributed by atoms with Gasteiger partial charge in [-0.15, -0.1) is 0 Å². The summed E-state index contributed by atoms with van der Waals surface area (Å²) in [6, 6.07) is 4.73. The minimum absolute atomic E-state index is 0.177. The first kappa shape index (κ1) is 19.6. The monoisotopic (exact) mass is 375 g/mol. The van der Waals surface area contributed by atoms with Gasteiger partial charge in [0, 0.05) is 13.1 Å². The van der Waals surface area contributed by atoms with Crippen molar-refractivity contribution in [1.29, 1.82) is 0 Å². The number of para-hydroxylation sites is 1. The number of halogens is 1. The Bertz CT molecular complexity index is 861. The summed E-state index contributed by atoms with van der Waals surface area (Å²) in [5.74, 6) is -1.04. The number of nitrogens with one attached hydrogen (secondary N) is 3. The van der Waals surface area contributed by atoms with Gasteiger partial charge in [0.25, 0.3) is 5.91 Å². The van der Waals surface area contributed by atoms with Gasteiger partial charge in [-0.05, 0) is 19.1 Å². The molecule has 0 bridgehead atoms. The second-order valence-electron chi connectivity index (χ2n) is 5.47. The molecule has 1 aromatic heterocycles. The van der Waals surface area contributed by atoms with Gasteiger partial charge in [0.1, 0.15) is 18.1 Å². The molecular formula is C17H18FN5O4. The first-order chi connectivity index (χ1) is 12.9. The lowest BCUT2D eigenvalue weighted by Crippen LogP contribution is -2.43. The molecule has 1 aromatic carbocycles. The van der Waals surface area contributed by atoms with Gasteiger partial charge in [-0.3, -0.25) is 15.2 Å². The molecule has 4 N–H and O–H groups in total. The van der Waals surface area contributed by atoms with Crippen LogP contribution in [0.25, 0.3) is 0 Å². The number of benzene rings is 1. The van der Waals surface area contributed by atoms with Crippen molar-refractivity contribution in [1.82, 2.24) is 15.3 Å². The zero-order valence-electron chi connectivity index (χ0n) is 14.6. The number of hydrogen-bond acceptors (Lipinski definition) is 6. The Kier molecular flexibility index (Phi) is 6.26. The predicted molar refractivity (Wildman–Crippen MR) is 96.3 cm³/mol. The molecule has 0 saturated carbocycles. The molecule has 10 heteroatoms. The summed E-state index contributed by atoms with van der Waals surface area (Å²) in [4.78, 5) is 38.4. The van der Waals surface area contributed by atoms with E-state index in [1.807, 2.05) is 0 Å². The van der Waals surface area contributed by atoms with Crippen LogP contribution in [0.1, 0.15) is 17.3 Å². The molecule has 1 heterocycles. The smallest absolute Gasteiger partial charge is 0.426 e. The van der Waals surface area contributed by atoms with E-state index >= 15 is 0 Å². The van der Waals surface area contributed by atoms with Crippen LogP contribution in [0.4, 0.5) is 26.2 Å². The zero-order chi connectivity index (χ0) is 20.0. The fourth-order valence-corrected chi connectivity index (χ4v) is 2.24. The van der Waals surface area contributed by atoms with Crippen LogP contribution in [-0.4, -0.2) is 46.5 Å². The molecule has 0 aliphatic heterocycles. The van der Waals surface area contributed by atoms with E-state index in [2.05, 4.69) is 21.0 Å². The lowest BCUT2D eigenvalue weighted by atomic mass is 10.1. The number of amides is 2. The SMILES string of the molecule is CNC(=O)c1cccc(NN(C(=O)O)C(C)C=O)c1Nc1cncc(F)c1. The van der Waals surface area contributed by atoms with Crippen LogP contribution in [0.15, 0.2) is 36.7 Å². The van der Waals surface area contributed by atoms with Gasteiger partial charge in [-0.1, -0.05) is 6.07 Å². The number of rotatable bonds is 7. The number of aromatic nitrogens is 1. The van der Waals surface area contributed by atoms with Crippen molar-refractivity contribution in [3.63, 3.8) is 0 Å². The quantitative estimate of drug-likeness (QED) is 0.432. The third kappa shape index (κ3) is 4.69. The zero-order valence-corrected chi connectivity index (χ0v) is 14.6. The van der Waals surface area contributed by atoms with Crippen molar-refractivity contribution in [3.8, 4) is 0 Å². The number of carboxylic acid groups (broad SMARTS) is 1. The summed E-state index contributed by atoms with van der Waals surface area (Å²) < 4.78 is 13.4. The van der Waals surface area contributed by atoms with Crippen molar-refractivity contribution >= 4 is 35.3 Å². The predicted octanol–water partition coefficient (Wildman–Crippen LogP) is 2.22. The molecule has 27 heavy (non-hydrogen) atoms. The molecule has 0 spiro atoms. The van der Waals surface area contributed by atoms with Gasteiger partial charge in [0.15, 0.2) is 0 Å². The summed E-state index contributed by atoms with van der Waals surface area (Å²) >= 11 is 0. The summed E-state index contributed by atoms with van der Waals surface area (Å²) in [6.45, 7) is 1.39. The molecule has 1 unspecified atom stereocenters. The molecule has 142 valence electrons. The molecule has 2 aromatic rings. The van der Waals surface area contributed by atoms with E-state index in [-0.39, 0.29) is 22.6 Å². The van der Waals surface area contributed by atoms with Crippen molar-refractivity contribution in [2.24, 2.45) is 0 Å². The van der Waals surface area contributed by atoms with Gasteiger partial charge >= 0.3 is 6.09 Å². The third-order valence-electron chi connectivity index (χ3n) is 3.56. The van der Waals surface area contributed by atoms with Crippen LogP contribution in [0, 0.1) is 5.82 Å². The van der Waals surface area contributed by atoms with E-state index in [4.69, 9.17) is 0 Å². The number of carbonyl (C=O) groups is 3. The topological polar surface area (TPSA) is 124 Å². The Labute approximate surface area is 154 Å². The first-order valence-electron chi connectivity index (χ1n) is 7.84. The molecular weight excluding hydrogens is 357 g/mol. The third-order valence-corrected chi connectivity index (χ3v) is 3.56. The van der Waals surface area contributed by atoms with Gasteiger partial charge in [0.05, 0.1) is 35.0 Å². The maximum atomic E-state index is 13.4. The average Bonchev–Trinajstić information content (AvgIpc) is 2.65. The van der Waals surface area contributed by atoms with Crippen molar-refractivity contribution in [2.45, 2.75) is 13.0 Å². The molecule has 2 amide bonds. The van der Waals surface area contributed by atoms with Crippen LogP contribution in [0.2, 0.25) is 0 Å². The van der Waals surface area contributed by atoms with E-state index in [1.54, 1.807) is 0 Å². The van der Waals surface area contributed by atoms with Crippen LogP contribution < -0.4 is 16.1 Å². The summed E-state index contributed by atoms with van der Waals surface area (Å²) in [5.41, 5.74) is 3.40. The number of carbonyl (C=O) groups excluding carboxylic acids is 2. The normalized spacial score (nSPS) is 11.2. The largest absolute Gasteiger partial charge is 0.464 e. The maximum absolute atomic E-state index is 13.4. The number of hydrogen-bond donors (Lipinski definition) is 4. The van der Waals surface area contributed by atoms with E-state index in [9.17, 15) is 23.9 Å². The Balaban J connectivity index is 2.51. The highest BCUT2D eigenvalue weighted by Crippen LogP contribution is 2.30. The minimum atomic E-state index is -1.39. The van der Waals surface area contributed by atoms with E-state index in [0.29, 0.717) is 11.3 Å². The van der Waals surface area contributed by atoms with Crippen molar-refractivity contribution < 1.29 is 23.9 Å². The summed E-state index contributed by atoms with van der Waals surface area (Å²) in [5, 5.41) is 15.3. The summed E-state index contributed by atoms with van der Waals surface area (Å²) in [7, 11) is 1.44. The fourth-order valence-electron chi connectivity index (χ4n) is 2.24. The fraction of sp³-hybridized carbons (Fsp3) is 0.176. The number of hydrazine groups is 1. The van der Waals surface area contributed by atoms with Gasteiger partial charge in [-0.25, -0.2) is 14.2 Å². The lowest BCUT2D eigenvalue weighted by Gasteiger charge is -2.26. The highest BCUT2D eigenvalue weighted by molar-refractivity contribution is 6.03. The second-order valence-corrected chi connectivity index (χ2v) is 5.47. The molecule has 0 aliphatic rings. The van der Waals surface area contributed by atoms with E-state index in [1.165, 1.54) is 44.4 Å². The van der Waals surface area contributed by atoms with Crippen molar-refractivity contribution in [3.05, 3.63) is 48.0 Å². The maximum Gasteiger partial charge on any atom is 0.426 e.